The zero-order chi connectivity index (χ0) is 12.1. The first-order valence-corrected chi connectivity index (χ1v) is 7.71. The lowest BCUT2D eigenvalue weighted by Gasteiger charge is -2.31. The number of aliphatic hydroxyl groups is 1. The normalized spacial score (nSPS) is 20.5. The van der Waals surface area contributed by atoms with E-state index in [1.807, 2.05) is 22.4 Å². The Morgan fingerprint density at radius 3 is 3.24 bits per heavy atom. The molecule has 0 aromatic carbocycles. The number of hydrogen-bond donors (Lipinski definition) is 1. The van der Waals surface area contributed by atoms with Crippen LogP contribution in [0.3, 0.4) is 0 Å². The minimum atomic E-state index is 0.196. The van der Waals surface area contributed by atoms with Crippen molar-refractivity contribution in [3.63, 3.8) is 0 Å². The van der Waals surface area contributed by atoms with Crippen LogP contribution in [0.4, 0.5) is 0 Å². The number of rotatable bonds is 4. The molecule has 0 radical (unpaired) electrons. The Morgan fingerprint density at radius 2 is 2.53 bits per heavy atom. The molecule has 2 rings (SSSR count). The second kappa shape index (κ2) is 6.42. The van der Waals surface area contributed by atoms with Gasteiger partial charge in [0.15, 0.2) is 0 Å². The molecule has 5 heteroatoms. The van der Waals surface area contributed by atoms with E-state index in [-0.39, 0.29) is 18.4 Å². The van der Waals surface area contributed by atoms with Crippen LogP contribution < -0.4 is 0 Å². The molecule has 0 spiro atoms. The third-order valence-corrected chi connectivity index (χ3v) is 5.08. The highest BCUT2D eigenvalue weighted by molar-refractivity contribution is 8.01. The molecule has 0 saturated carbocycles. The van der Waals surface area contributed by atoms with Crippen molar-refractivity contribution in [2.75, 3.05) is 25.4 Å². The minimum absolute atomic E-state index is 0.196. The summed E-state index contributed by atoms with van der Waals surface area (Å²) in [5.74, 6) is 0.986. The summed E-state index contributed by atoms with van der Waals surface area (Å²) in [6.07, 6.45) is 2.05. The number of carbonyl (C=O) groups excluding carboxylic acids is 1. The van der Waals surface area contributed by atoms with E-state index in [4.69, 9.17) is 5.11 Å². The molecule has 1 aromatic heterocycles. The van der Waals surface area contributed by atoms with Crippen molar-refractivity contribution >= 4 is 29.0 Å². The molecule has 94 valence electrons. The van der Waals surface area contributed by atoms with Gasteiger partial charge >= 0.3 is 0 Å². The molecule has 2 heterocycles. The second-order valence-electron chi connectivity index (χ2n) is 4.25. The summed E-state index contributed by atoms with van der Waals surface area (Å²) in [6, 6.07) is 4.04. The molecule has 1 aliphatic heterocycles. The average Bonchev–Trinajstić information content (AvgIpc) is 2.89. The molecule has 1 amide bonds. The van der Waals surface area contributed by atoms with E-state index in [9.17, 15) is 4.79 Å². The molecule has 0 bridgehead atoms. The van der Waals surface area contributed by atoms with Gasteiger partial charge < -0.3 is 10.0 Å². The van der Waals surface area contributed by atoms with E-state index in [0.29, 0.717) is 5.75 Å². The molecule has 1 N–H and O–H groups in total. The quantitative estimate of drug-likeness (QED) is 0.852. The van der Waals surface area contributed by atoms with Crippen molar-refractivity contribution in [2.24, 2.45) is 5.92 Å². The summed E-state index contributed by atoms with van der Waals surface area (Å²) in [5.41, 5.74) is 0. The highest BCUT2D eigenvalue weighted by Gasteiger charge is 2.22. The zero-order valence-electron chi connectivity index (χ0n) is 9.67. The Balaban J connectivity index is 1.79. The van der Waals surface area contributed by atoms with Gasteiger partial charge in [0.2, 0.25) is 5.91 Å². The molecule has 1 saturated heterocycles. The summed E-state index contributed by atoms with van der Waals surface area (Å²) in [7, 11) is 0. The number of likely N-dealkylation sites (tertiary alicyclic amines) is 1. The highest BCUT2D eigenvalue weighted by atomic mass is 32.2. The number of aliphatic hydroxyl groups excluding tert-OH is 1. The highest BCUT2D eigenvalue weighted by Crippen LogP contribution is 2.24. The molecule has 1 aromatic rings. The van der Waals surface area contributed by atoms with Crippen LogP contribution in [0.5, 0.6) is 0 Å². The number of carbonyl (C=O) groups is 1. The summed E-state index contributed by atoms with van der Waals surface area (Å²) in [5, 5.41) is 11.2. The van der Waals surface area contributed by atoms with Crippen molar-refractivity contribution in [3.05, 3.63) is 17.5 Å². The fraction of sp³-hybridized carbons (Fsp3) is 0.583. The Bertz CT molecular complexity index is 353. The fourth-order valence-corrected chi connectivity index (χ4v) is 3.70. The molecular weight excluding hydrogens is 254 g/mol. The molecule has 1 atom stereocenters. The van der Waals surface area contributed by atoms with Crippen LogP contribution in [0.25, 0.3) is 0 Å². The molecule has 17 heavy (non-hydrogen) atoms. The predicted molar refractivity (Wildman–Crippen MR) is 71.4 cm³/mol. The van der Waals surface area contributed by atoms with Crippen molar-refractivity contribution < 1.29 is 9.90 Å². The van der Waals surface area contributed by atoms with Gasteiger partial charge in [-0.15, -0.1) is 23.1 Å². The number of amides is 1. The number of thioether (sulfide) groups is 1. The number of thiophene rings is 1. The Morgan fingerprint density at radius 1 is 1.65 bits per heavy atom. The lowest BCUT2D eigenvalue weighted by Crippen LogP contribution is -2.41. The Kier molecular flexibility index (Phi) is 4.88. The monoisotopic (exact) mass is 271 g/mol. The lowest BCUT2D eigenvalue weighted by atomic mass is 9.99. The van der Waals surface area contributed by atoms with Crippen LogP contribution in [-0.2, 0) is 4.79 Å². The summed E-state index contributed by atoms with van der Waals surface area (Å²) >= 11 is 3.27. The smallest absolute Gasteiger partial charge is 0.232 e. The largest absolute Gasteiger partial charge is 0.396 e. The minimum Gasteiger partial charge on any atom is -0.396 e. The zero-order valence-corrected chi connectivity index (χ0v) is 11.3. The summed E-state index contributed by atoms with van der Waals surface area (Å²) in [4.78, 5) is 13.9. The van der Waals surface area contributed by atoms with Crippen LogP contribution >= 0.6 is 23.1 Å². The maximum atomic E-state index is 12.0. The third kappa shape index (κ3) is 3.72. The van der Waals surface area contributed by atoms with Crippen LogP contribution in [0.15, 0.2) is 21.7 Å². The van der Waals surface area contributed by atoms with Gasteiger partial charge in [0, 0.05) is 19.7 Å². The van der Waals surface area contributed by atoms with Crippen LogP contribution in [-0.4, -0.2) is 41.4 Å². The van der Waals surface area contributed by atoms with Gasteiger partial charge in [-0.25, -0.2) is 0 Å². The van der Waals surface area contributed by atoms with E-state index in [1.165, 1.54) is 4.21 Å². The Labute approximate surface area is 110 Å². The van der Waals surface area contributed by atoms with E-state index in [1.54, 1.807) is 23.1 Å². The van der Waals surface area contributed by atoms with Gasteiger partial charge in [0.05, 0.1) is 9.96 Å². The van der Waals surface area contributed by atoms with Gasteiger partial charge in [-0.1, -0.05) is 6.07 Å². The average molecular weight is 271 g/mol. The first-order chi connectivity index (χ1) is 8.29. The molecule has 3 nitrogen and oxygen atoms in total. The first kappa shape index (κ1) is 12.9. The SMILES string of the molecule is O=C(CSc1cccs1)N1CCCC(CO)C1. The third-order valence-electron chi connectivity index (χ3n) is 2.96. The van der Waals surface area contributed by atoms with Gasteiger partial charge in [0.25, 0.3) is 0 Å². The van der Waals surface area contributed by atoms with Gasteiger partial charge in [0.1, 0.15) is 0 Å². The van der Waals surface area contributed by atoms with Crippen molar-refractivity contribution in [1.82, 2.24) is 4.90 Å². The number of hydrogen-bond acceptors (Lipinski definition) is 4. The maximum absolute atomic E-state index is 12.0. The van der Waals surface area contributed by atoms with E-state index < -0.39 is 0 Å². The maximum Gasteiger partial charge on any atom is 0.232 e. The standard InChI is InChI=1S/C12H17NO2S2/c14-8-10-3-1-5-13(7-10)11(15)9-17-12-4-2-6-16-12/h2,4,6,10,14H,1,3,5,7-9H2. The summed E-state index contributed by atoms with van der Waals surface area (Å²) in [6.45, 7) is 1.77. The van der Waals surface area contributed by atoms with Gasteiger partial charge in [-0.3, -0.25) is 4.79 Å². The van der Waals surface area contributed by atoms with Crippen LogP contribution in [0.1, 0.15) is 12.8 Å². The van der Waals surface area contributed by atoms with Crippen molar-refractivity contribution in [1.29, 1.82) is 0 Å². The van der Waals surface area contributed by atoms with Crippen molar-refractivity contribution in [2.45, 2.75) is 17.1 Å². The van der Waals surface area contributed by atoms with Crippen LogP contribution in [0, 0.1) is 5.92 Å². The van der Waals surface area contributed by atoms with Crippen LogP contribution in [0.2, 0.25) is 0 Å². The number of piperidine rings is 1. The fourth-order valence-electron chi connectivity index (χ4n) is 2.01. The van der Waals surface area contributed by atoms with E-state index in [2.05, 4.69) is 0 Å². The van der Waals surface area contributed by atoms with Gasteiger partial charge in [-0.05, 0) is 30.2 Å². The second-order valence-corrected chi connectivity index (χ2v) is 6.47. The Hall–Kier alpha value is -0.520. The molecule has 1 fully saturated rings. The van der Waals surface area contributed by atoms with Crippen molar-refractivity contribution in [3.8, 4) is 0 Å². The summed E-state index contributed by atoms with van der Waals surface area (Å²) < 4.78 is 1.19. The first-order valence-electron chi connectivity index (χ1n) is 5.84. The molecule has 1 unspecified atom stereocenters. The molecule has 1 aliphatic rings. The predicted octanol–water partition coefficient (Wildman–Crippen LogP) is 2.07. The number of nitrogens with zero attached hydrogens (tertiary/aromatic N) is 1. The van der Waals surface area contributed by atoms with Gasteiger partial charge in [-0.2, -0.15) is 0 Å². The lowest BCUT2D eigenvalue weighted by molar-refractivity contribution is -0.130. The molecule has 0 aliphatic carbocycles. The topological polar surface area (TPSA) is 40.5 Å². The van der Waals surface area contributed by atoms with E-state index in [0.717, 1.165) is 25.9 Å². The molecular formula is C12H17NO2S2. The van der Waals surface area contributed by atoms with E-state index >= 15 is 0 Å².